The van der Waals surface area contributed by atoms with E-state index in [1.54, 1.807) is 0 Å². The van der Waals surface area contributed by atoms with Gasteiger partial charge in [0, 0.05) is 43.7 Å². The van der Waals surface area contributed by atoms with Crippen LogP contribution in [0.15, 0.2) is 24.4 Å². The Morgan fingerprint density at radius 2 is 2.07 bits per heavy atom. The maximum absolute atomic E-state index is 12.9. The number of rotatable bonds is 4. The molecule has 1 aromatic carbocycles. The summed E-state index contributed by atoms with van der Waals surface area (Å²) < 4.78 is 5.94. The molecule has 0 radical (unpaired) electrons. The average Bonchev–Trinajstić information content (AvgIpc) is 3.20. The number of ether oxygens (including phenoxy) is 1. The summed E-state index contributed by atoms with van der Waals surface area (Å²) in [6.45, 7) is 9.10. The van der Waals surface area contributed by atoms with Gasteiger partial charge in [-0.15, -0.1) is 0 Å². The van der Waals surface area contributed by atoms with E-state index in [0.717, 1.165) is 59.9 Å². The summed E-state index contributed by atoms with van der Waals surface area (Å²) in [4.78, 5) is 24.1. The highest BCUT2D eigenvalue weighted by molar-refractivity contribution is 5.81. The van der Waals surface area contributed by atoms with E-state index in [2.05, 4.69) is 16.4 Å². The van der Waals surface area contributed by atoms with Gasteiger partial charge in [0.05, 0.1) is 5.69 Å². The van der Waals surface area contributed by atoms with Crippen molar-refractivity contribution in [2.24, 2.45) is 0 Å². The molecule has 1 saturated heterocycles. The highest BCUT2D eigenvalue weighted by atomic mass is 16.5. The van der Waals surface area contributed by atoms with E-state index in [4.69, 9.17) is 9.72 Å². The number of benzene rings is 1. The van der Waals surface area contributed by atoms with Crippen LogP contribution in [0.1, 0.15) is 47.5 Å². The Labute approximate surface area is 166 Å². The second kappa shape index (κ2) is 7.87. The number of carbonyl (C=O) groups is 1. The van der Waals surface area contributed by atoms with Gasteiger partial charge in [-0.3, -0.25) is 4.79 Å². The smallest absolute Gasteiger partial charge is 0.263 e. The lowest BCUT2D eigenvalue weighted by molar-refractivity contribution is -0.138. The van der Waals surface area contributed by atoms with E-state index in [-0.39, 0.29) is 5.91 Å². The van der Waals surface area contributed by atoms with Gasteiger partial charge in [0.15, 0.2) is 6.10 Å². The van der Waals surface area contributed by atoms with E-state index in [9.17, 15) is 4.79 Å². The normalized spacial score (nSPS) is 20.0. The SMILES string of the molecule is Cc1cc(C)cc(O[C@@H](C)C(=O)N2CCc3nc([C@@H]4CCNC4)ncc3C2)c1. The van der Waals surface area contributed by atoms with E-state index >= 15 is 0 Å². The van der Waals surface area contributed by atoms with Gasteiger partial charge in [-0.1, -0.05) is 6.07 Å². The third kappa shape index (κ3) is 4.02. The Morgan fingerprint density at radius 1 is 1.29 bits per heavy atom. The maximum Gasteiger partial charge on any atom is 0.263 e. The first-order valence-corrected chi connectivity index (χ1v) is 10.1. The quantitative estimate of drug-likeness (QED) is 0.883. The second-order valence-corrected chi connectivity index (χ2v) is 7.98. The first-order chi connectivity index (χ1) is 13.5. The largest absolute Gasteiger partial charge is 0.481 e. The monoisotopic (exact) mass is 380 g/mol. The van der Waals surface area contributed by atoms with E-state index in [1.807, 2.05) is 44.0 Å². The molecule has 2 aliphatic rings. The second-order valence-electron chi connectivity index (χ2n) is 7.98. The van der Waals surface area contributed by atoms with Crippen LogP contribution in [-0.4, -0.2) is 46.5 Å². The molecule has 0 saturated carbocycles. The molecule has 2 aliphatic heterocycles. The summed E-state index contributed by atoms with van der Waals surface area (Å²) in [6.07, 6.45) is 3.25. The average molecular weight is 380 g/mol. The Balaban J connectivity index is 1.42. The predicted octanol–water partition coefficient (Wildman–Crippen LogP) is 2.52. The number of aromatic nitrogens is 2. The highest BCUT2D eigenvalue weighted by Gasteiger charge is 2.28. The fourth-order valence-electron chi connectivity index (χ4n) is 4.10. The van der Waals surface area contributed by atoms with Gasteiger partial charge in [0.2, 0.25) is 0 Å². The van der Waals surface area contributed by atoms with Crippen molar-refractivity contribution in [2.45, 2.75) is 52.2 Å². The van der Waals surface area contributed by atoms with Crippen molar-refractivity contribution in [3.05, 3.63) is 52.6 Å². The summed E-state index contributed by atoms with van der Waals surface area (Å²) in [6, 6.07) is 6.03. The minimum absolute atomic E-state index is 0.00822. The minimum Gasteiger partial charge on any atom is -0.481 e. The van der Waals surface area contributed by atoms with Crippen LogP contribution in [0.2, 0.25) is 0 Å². The summed E-state index contributed by atoms with van der Waals surface area (Å²) in [5.74, 6) is 2.11. The molecule has 4 rings (SSSR count). The number of carbonyl (C=O) groups excluding carboxylic acids is 1. The van der Waals surface area contributed by atoms with E-state index < -0.39 is 6.10 Å². The highest BCUT2D eigenvalue weighted by Crippen LogP contribution is 2.24. The van der Waals surface area contributed by atoms with Gasteiger partial charge in [-0.05, 0) is 57.0 Å². The molecular weight excluding hydrogens is 352 g/mol. The number of nitrogens with one attached hydrogen (secondary N) is 1. The molecule has 6 nitrogen and oxygen atoms in total. The summed E-state index contributed by atoms with van der Waals surface area (Å²) in [5.41, 5.74) is 4.40. The van der Waals surface area contributed by atoms with Crippen molar-refractivity contribution < 1.29 is 9.53 Å². The molecule has 6 heteroatoms. The van der Waals surface area contributed by atoms with Crippen LogP contribution in [0.3, 0.4) is 0 Å². The van der Waals surface area contributed by atoms with Crippen molar-refractivity contribution in [1.29, 1.82) is 0 Å². The lowest BCUT2D eigenvalue weighted by Gasteiger charge is -2.30. The third-order valence-corrected chi connectivity index (χ3v) is 5.55. The fourth-order valence-corrected chi connectivity index (χ4v) is 4.10. The van der Waals surface area contributed by atoms with Gasteiger partial charge in [0.25, 0.3) is 5.91 Å². The number of hydrogen-bond acceptors (Lipinski definition) is 5. The van der Waals surface area contributed by atoms with Crippen LogP contribution in [0.4, 0.5) is 0 Å². The topological polar surface area (TPSA) is 67.3 Å². The van der Waals surface area contributed by atoms with Crippen LogP contribution in [0.5, 0.6) is 5.75 Å². The first-order valence-electron chi connectivity index (χ1n) is 10.1. The van der Waals surface area contributed by atoms with Crippen molar-refractivity contribution in [3.8, 4) is 5.75 Å². The third-order valence-electron chi connectivity index (χ3n) is 5.55. The van der Waals surface area contributed by atoms with Crippen molar-refractivity contribution >= 4 is 5.91 Å². The molecule has 148 valence electrons. The molecule has 0 bridgehead atoms. The van der Waals surface area contributed by atoms with Gasteiger partial charge < -0.3 is 15.0 Å². The Hall–Kier alpha value is -2.47. The Bertz CT molecular complexity index is 857. The zero-order valence-electron chi connectivity index (χ0n) is 16.9. The van der Waals surface area contributed by atoms with Crippen molar-refractivity contribution in [1.82, 2.24) is 20.2 Å². The molecule has 28 heavy (non-hydrogen) atoms. The zero-order chi connectivity index (χ0) is 19.7. The zero-order valence-corrected chi connectivity index (χ0v) is 16.9. The summed E-state index contributed by atoms with van der Waals surface area (Å²) in [5, 5.41) is 3.37. The molecule has 2 aromatic rings. The van der Waals surface area contributed by atoms with Crippen LogP contribution < -0.4 is 10.1 Å². The standard InChI is InChI=1S/C22H28N4O2/c1-14-8-15(2)10-19(9-14)28-16(3)22(27)26-7-5-20-18(13-26)12-24-21(25-20)17-4-6-23-11-17/h8-10,12,16-17,23H,4-7,11,13H2,1-3H3/t16-,17+/m0/s1. The predicted molar refractivity (Wildman–Crippen MR) is 107 cm³/mol. The molecule has 3 heterocycles. The van der Waals surface area contributed by atoms with Crippen molar-refractivity contribution in [2.75, 3.05) is 19.6 Å². The van der Waals surface area contributed by atoms with Gasteiger partial charge in [-0.25, -0.2) is 9.97 Å². The minimum atomic E-state index is -0.521. The number of hydrogen-bond donors (Lipinski definition) is 1. The molecule has 0 unspecified atom stereocenters. The van der Waals surface area contributed by atoms with Crippen LogP contribution in [-0.2, 0) is 17.8 Å². The molecule has 1 fully saturated rings. The lowest BCUT2D eigenvalue weighted by Crippen LogP contribution is -2.43. The van der Waals surface area contributed by atoms with Crippen molar-refractivity contribution in [3.63, 3.8) is 0 Å². The van der Waals surface area contributed by atoms with Gasteiger partial charge in [-0.2, -0.15) is 0 Å². The first kappa shape index (κ1) is 18.9. The van der Waals surface area contributed by atoms with Crippen LogP contribution >= 0.6 is 0 Å². The Morgan fingerprint density at radius 3 is 2.79 bits per heavy atom. The molecular formula is C22H28N4O2. The van der Waals surface area contributed by atoms with Gasteiger partial charge in [0.1, 0.15) is 11.6 Å². The maximum atomic E-state index is 12.9. The number of fused-ring (bicyclic) bond motifs is 1. The molecule has 0 aliphatic carbocycles. The van der Waals surface area contributed by atoms with E-state index in [0.29, 0.717) is 19.0 Å². The molecule has 1 N–H and O–H groups in total. The number of aryl methyl sites for hydroxylation is 2. The van der Waals surface area contributed by atoms with Gasteiger partial charge >= 0.3 is 0 Å². The van der Waals surface area contributed by atoms with Crippen LogP contribution in [0.25, 0.3) is 0 Å². The summed E-state index contributed by atoms with van der Waals surface area (Å²) >= 11 is 0. The molecule has 1 amide bonds. The Kier molecular flexibility index (Phi) is 5.31. The lowest BCUT2D eigenvalue weighted by atomic mass is 10.0. The molecule has 0 spiro atoms. The number of nitrogens with zero attached hydrogens (tertiary/aromatic N) is 3. The molecule has 1 aromatic heterocycles. The fraction of sp³-hybridized carbons (Fsp3) is 0.500. The molecule has 2 atom stereocenters. The summed E-state index contributed by atoms with van der Waals surface area (Å²) in [7, 11) is 0. The number of amides is 1. The van der Waals surface area contributed by atoms with E-state index in [1.165, 1.54) is 0 Å². The van der Waals surface area contributed by atoms with Crippen LogP contribution in [0, 0.1) is 13.8 Å².